The zero-order chi connectivity index (χ0) is 14.4. The number of piperidine rings is 1. The fraction of sp³-hybridized carbons (Fsp3) is 0.467. The van der Waals surface area contributed by atoms with Crippen molar-refractivity contribution in [2.45, 2.75) is 25.3 Å². The van der Waals surface area contributed by atoms with Crippen LogP contribution in [-0.2, 0) is 0 Å². The molecule has 0 radical (unpaired) electrons. The summed E-state index contributed by atoms with van der Waals surface area (Å²) in [6, 6.07) is 1.64. The lowest BCUT2D eigenvalue weighted by atomic mass is 10.0. The molecule has 1 aliphatic heterocycles. The van der Waals surface area contributed by atoms with Gasteiger partial charge >= 0.3 is 0 Å². The zero-order valence-electron chi connectivity index (χ0n) is 11.4. The second kappa shape index (κ2) is 7.04. The third kappa shape index (κ3) is 3.35. The fourth-order valence-electron chi connectivity index (χ4n) is 2.40. The zero-order valence-corrected chi connectivity index (χ0v) is 11.4. The first kappa shape index (κ1) is 14.5. The molecule has 5 nitrogen and oxygen atoms in total. The summed E-state index contributed by atoms with van der Waals surface area (Å²) in [6.07, 6.45) is 6.03. The number of pyridine rings is 1. The smallest absolute Gasteiger partial charge is 0.255 e. The Balaban J connectivity index is 2.19. The minimum atomic E-state index is -0.0901. The molecule has 2 heterocycles. The van der Waals surface area contributed by atoms with Crippen molar-refractivity contribution >= 4 is 5.91 Å². The van der Waals surface area contributed by atoms with Crippen LogP contribution < -0.4 is 5.73 Å². The van der Waals surface area contributed by atoms with Crippen molar-refractivity contribution in [1.82, 2.24) is 9.88 Å². The first-order chi connectivity index (χ1) is 9.76. The van der Waals surface area contributed by atoms with Crippen LogP contribution in [0.2, 0.25) is 0 Å². The summed E-state index contributed by atoms with van der Waals surface area (Å²) in [5.74, 6) is 5.52. The molecule has 2 rings (SSSR count). The molecule has 1 aromatic rings. The number of hydrogen-bond acceptors (Lipinski definition) is 4. The van der Waals surface area contributed by atoms with E-state index < -0.39 is 0 Å². The van der Waals surface area contributed by atoms with Gasteiger partial charge in [0.1, 0.15) is 0 Å². The Hall–Kier alpha value is -1.90. The number of aliphatic hydroxyl groups excluding tert-OH is 1. The lowest BCUT2D eigenvalue weighted by molar-refractivity contribution is 0.0502. The van der Waals surface area contributed by atoms with Gasteiger partial charge in [-0.2, -0.15) is 0 Å². The molecule has 20 heavy (non-hydrogen) atoms. The Bertz CT molecular complexity index is 533. The number of aromatic nitrogens is 1. The molecule has 106 valence electrons. The topological polar surface area (TPSA) is 79.5 Å². The molecule has 1 saturated heterocycles. The number of aliphatic hydroxyl groups is 1. The standard InChI is InChI=1S/C15H19N3O2/c16-6-3-4-12-8-13(10-17-9-12)15(20)18-7-2-1-5-14(18)11-19/h8-10,14,19H,1-2,5-7,11,16H2. The van der Waals surface area contributed by atoms with Crippen LogP contribution >= 0.6 is 0 Å². The molecule has 1 fully saturated rings. The van der Waals surface area contributed by atoms with Crippen molar-refractivity contribution in [2.24, 2.45) is 5.73 Å². The van der Waals surface area contributed by atoms with Crippen molar-refractivity contribution in [1.29, 1.82) is 0 Å². The van der Waals surface area contributed by atoms with E-state index in [2.05, 4.69) is 16.8 Å². The van der Waals surface area contributed by atoms with Crippen LogP contribution in [0.25, 0.3) is 0 Å². The van der Waals surface area contributed by atoms with Crippen LogP contribution in [0.3, 0.4) is 0 Å². The van der Waals surface area contributed by atoms with Gasteiger partial charge in [0.25, 0.3) is 5.91 Å². The molecule has 1 atom stereocenters. The molecule has 1 aliphatic rings. The number of carbonyl (C=O) groups excluding carboxylic acids is 1. The highest BCUT2D eigenvalue weighted by Crippen LogP contribution is 2.19. The Morgan fingerprint density at radius 2 is 2.35 bits per heavy atom. The maximum Gasteiger partial charge on any atom is 0.255 e. The highest BCUT2D eigenvalue weighted by atomic mass is 16.3. The monoisotopic (exact) mass is 273 g/mol. The minimum absolute atomic E-state index is 0.00579. The largest absolute Gasteiger partial charge is 0.394 e. The Labute approximate surface area is 118 Å². The average Bonchev–Trinajstić information content (AvgIpc) is 2.52. The molecule has 5 heteroatoms. The van der Waals surface area contributed by atoms with Crippen molar-refractivity contribution in [3.8, 4) is 11.8 Å². The first-order valence-corrected chi connectivity index (χ1v) is 6.82. The van der Waals surface area contributed by atoms with Gasteiger partial charge in [0.05, 0.1) is 24.8 Å². The number of amides is 1. The van der Waals surface area contributed by atoms with Crippen LogP contribution in [0.4, 0.5) is 0 Å². The van der Waals surface area contributed by atoms with Gasteiger partial charge in [0.15, 0.2) is 0 Å². The van der Waals surface area contributed by atoms with E-state index in [0.717, 1.165) is 19.3 Å². The van der Waals surface area contributed by atoms with E-state index in [-0.39, 0.29) is 25.1 Å². The van der Waals surface area contributed by atoms with Crippen molar-refractivity contribution in [2.75, 3.05) is 19.7 Å². The highest BCUT2D eigenvalue weighted by Gasteiger charge is 2.27. The fourth-order valence-corrected chi connectivity index (χ4v) is 2.40. The van der Waals surface area contributed by atoms with Gasteiger partial charge < -0.3 is 15.7 Å². The van der Waals surface area contributed by atoms with Gasteiger partial charge in [-0.25, -0.2) is 0 Å². The molecule has 0 saturated carbocycles. The van der Waals surface area contributed by atoms with E-state index in [1.54, 1.807) is 23.4 Å². The number of hydrogen-bond donors (Lipinski definition) is 2. The van der Waals surface area contributed by atoms with E-state index in [1.807, 2.05) is 0 Å². The van der Waals surface area contributed by atoms with Gasteiger partial charge in [-0.3, -0.25) is 9.78 Å². The number of nitrogens with two attached hydrogens (primary N) is 1. The molecule has 3 N–H and O–H groups in total. The third-order valence-corrected chi connectivity index (χ3v) is 3.42. The van der Waals surface area contributed by atoms with E-state index in [0.29, 0.717) is 17.7 Å². The summed E-state index contributed by atoms with van der Waals surface area (Å²) in [5.41, 5.74) is 6.52. The predicted octanol–water partition coefficient (Wildman–Crippen LogP) is 0.379. The number of rotatable bonds is 2. The van der Waals surface area contributed by atoms with Crippen LogP contribution in [0.5, 0.6) is 0 Å². The Morgan fingerprint density at radius 3 is 3.10 bits per heavy atom. The lowest BCUT2D eigenvalue weighted by Crippen LogP contribution is -2.45. The predicted molar refractivity (Wildman–Crippen MR) is 75.9 cm³/mol. The number of carbonyl (C=O) groups is 1. The van der Waals surface area contributed by atoms with E-state index in [1.165, 1.54) is 0 Å². The Kier molecular flexibility index (Phi) is 5.10. The van der Waals surface area contributed by atoms with Crippen molar-refractivity contribution in [3.05, 3.63) is 29.6 Å². The van der Waals surface area contributed by atoms with Crippen LogP contribution in [0.15, 0.2) is 18.5 Å². The highest BCUT2D eigenvalue weighted by molar-refractivity contribution is 5.94. The van der Waals surface area contributed by atoms with Crippen LogP contribution in [-0.4, -0.2) is 46.6 Å². The van der Waals surface area contributed by atoms with Gasteiger partial charge in [0, 0.05) is 24.5 Å². The summed E-state index contributed by atoms with van der Waals surface area (Å²) in [6.45, 7) is 0.964. The van der Waals surface area contributed by atoms with Gasteiger partial charge in [0.2, 0.25) is 0 Å². The normalized spacial score (nSPS) is 18.3. The second-order valence-corrected chi connectivity index (χ2v) is 4.80. The van der Waals surface area contributed by atoms with Crippen LogP contribution in [0.1, 0.15) is 35.2 Å². The summed E-state index contributed by atoms with van der Waals surface area (Å²) in [7, 11) is 0. The maximum absolute atomic E-state index is 12.5. The van der Waals surface area contributed by atoms with Crippen molar-refractivity contribution in [3.63, 3.8) is 0 Å². The van der Waals surface area contributed by atoms with E-state index in [9.17, 15) is 9.90 Å². The number of likely N-dealkylation sites (tertiary alicyclic amines) is 1. The quantitative estimate of drug-likeness (QED) is 0.763. The van der Waals surface area contributed by atoms with E-state index in [4.69, 9.17) is 5.73 Å². The summed E-state index contributed by atoms with van der Waals surface area (Å²) < 4.78 is 0. The minimum Gasteiger partial charge on any atom is -0.394 e. The summed E-state index contributed by atoms with van der Waals surface area (Å²) >= 11 is 0. The molecule has 1 amide bonds. The van der Waals surface area contributed by atoms with Gasteiger partial charge in [-0.05, 0) is 25.3 Å². The van der Waals surface area contributed by atoms with Gasteiger partial charge in [-0.15, -0.1) is 0 Å². The summed E-state index contributed by atoms with van der Waals surface area (Å²) in [5, 5.41) is 9.38. The molecule has 1 aromatic heterocycles. The molecule has 0 bridgehead atoms. The maximum atomic E-state index is 12.5. The lowest BCUT2D eigenvalue weighted by Gasteiger charge is -2.34. The third-order valence-electron chi connectivity index (χ3n) is 3.42. The molecular formula is C15H19N3O2. The number of nitrogens with zero attached hydrogens (tertiary/aromatic N) is 2. The molecule has 0 aromatic carbocycles. The van der Waals surface area contributed by atoms with Crippen molar-refractivity contribution < 1.29 is 9.90 Å². The molecule has 0 aliphatic carbocycles. The second-order valence-electron chi connectivity index (χ2n) is 4.80. The van der Waals surface area contributed by atoms with E-state index >= 15 is 0 Å². The molecule has 0 spiro atoms. The average molecular weight is 273 g/mol. The van der Waals surface area contributed by atoms with Crippen LogP contribution in [0, 0.1) is 11.8 Å². The Morgan fingerprint density at radius 1 is 1.50 bits per heavy atom. The molecule has 1 unspecified atom stereocenters. The summed E-state index contributed by atoms with van der Waals surface area (Å²) in [4.78, 5) is 18.3. The first-order valence-electron chi connectivity index (χ1n) is 6.82. The van der Waals surface area contributed by atoms with Gasteiger partial charge in [-0.1, -0.05) is 11.8 Å². The molecular weight excluding hydrogens is 254 g/mol. The SMILES string of the molecule is NCC#Cc1cncc(C(=O)N2CCCCC2CO)c1.